The lowest BCUT2D eigenvalue weighted by atomic mass is 9.97. The molecule has 0 fully saturated rings. The van der Waals surface area contributed by atoms with Crippen molar-refractivity contribution in [3.63, 3.8) is 0 Å². The lowest BCUT2D eigenvalue weighted by Gasteiger charge is -2.18. The fraction of sp³-hybridized carbons (Fsp3) is 0.158. The Morgan fingerprint density at radius 2 is 1.82 bits per heavy atom. The van der Waals surface area contributed by atoms with Crippen LogP contribution in [0.3, 0.4) is 0 Å². The third-order valence-corrected chi connectivity index (χ3v) is 4.54. The summed E-state index contributed by atoms with van der Waals surface area (Å²) in [6.45, 7) is 0. The third kappa shape index (κ3) is 5.20. The zero-order valence-corrected chi connectivity index (χ0v) is 16.0. The zero-order valence-electron chi connectivity index (χ0n) is 14.5. The quantitative estimate of drug-likeness (QED) is 0.336. The summed E-state index contributed by atoms with van der Waals surface area (Å²) < 4.78 is 38.7. The van der Waals surface area contributed by atoms with Crippen molar-refractivity contribution in [3.05, 3.63) is 76.5 Å². The van der Waals surface area contributed by atoms with Crippen LogP contribution in [0.1, 0.15) is 27.5 Å². The molecule has 1 atom stereocenters. The van der Waals surface area contributed by atoms with Gasteiger partial charge in [0.25, 0.3) is 0 Å². The number of carbonyl (C=O) groups is 2. The molecule has 0 spiro atoms. The Kier molecular flexibility index (Phi) is 6.98. The number of halogens is 4. The van der Waals surface area contributed by atoms with Crippen LogP contribution in [0.2, 0.25) is 0 Å². The van der Waals surface area contributed by atoms with Crippen LogP contribution in [0.25, 0.3) is 0 Å². The topological polar surface area (TPSA) is 98.2 Å². The molecule has 2 aromatic carbocycles. The van der Waals surface area contributed by atoms with E-state index in [0.29, 0.717) is 17.5 Å². The Labute approximate surface area is 167 Å². The predicted octanol–water partition coefficient (Wildman–Crippen LogP) is 3.76. The molecule has 1 amide bonds. The van der Waals surface area contributed by atoms with E-state index in [-0.39, 0.29) is 22.2 Å². The summed E-state index contributed by atoms with van der Waals surface area (Å²) in [5.74, 6) is -0.598. The molecular formula is C19H17BrF3N3O2. The first-order valence-corrected chi connectivity index (χ1v) is 9.13. The lowest BCUT2D eigenvalue weighted by Crippen LogP contribution is -2.20. The minimum Gasteiger partial charge on any atom is -0.366 e. The SMILES string of the molecule is NC(=O)c1ccc([C@@H](N)/C(C=O)=C(/CBr)Nc2cccc(C(F)(F)F)c2)cc1. The van der Waals surface area contributed by atoms with Gasteiger partial charge in [0.15, 0.2) is 0 Å². The maximum atomic E-state index is 12.9. The monoisotopic (exact) mass is 455 g/mol. The van der Waals surface area contributed by atoms with Crippen LogP contribution in [0.5, 0.6) is 0 Å². The molecule has 0 aliphatic rings. The molecule has 5 nitrogen and oxygen atoms in total. The Bertz CT molecular complexity index is 896. The number of benzene rings is 2. The minimum atomic E-state index is -4.48. The molecule has 0 saturated heterocycles. The average Bonchev–Trinajstić information content (AvgIpc) is 2.67. The van der Waals surface area contributed by atoms with Crippen molar-refractivity contribution < 1.29 is 22.8 Å². The molecule has 0 heterocycles. The summed E-state index contributed by atoms with van der Waals surface area (Å²) in [5.41, 5.74) is 12.0. The molecule has 28 heavy (non-hydrogen) atoms. The number of amides is 1. The molecular weight excluding hydrogens is 439 g/mol. The molecule has 0 aliphatic carbocycles. The van der Waals surface area contributed by atoms with Gasteiger partial charge in [-0.15, -0.1) is 0 Å². The Morgan fingerprint density at radius 3 is 2.32 bits per heavy atom. The number of alkyl halides is 4. The molecule has 148 valence electrons. The summed E-state index contributed by atoms with van der Waals surface area (Å²) in [4.78, 5) is 22.8. The molecule has 0 radical (unpaired) electrons. The maximum Gasteiger partial charge on any atom is 0.416 e. The van der Waals surface area contributed by atoms with Gasteiger partial charge in [0, 0.05) is 27.9 Å². The second kappa shape index (κ2) is 9.03. The van der Waals surface area contributed by atoms with Crippen molar-refractivity contribution in [2.24, 2.45) is 11.5 Å². The average molecular weight is 456 g/mol. The van der Waals surface area contributed by atoms with Crippen molar-refractivity contribution in [1.82, 2.24) is 0 Å². The fourth-order valence-corrected chi connectivity index (χ4v) is 2.96. The highest BCUT2D eigenvalue weighted by molar-refractivity contribution is 9.09. The number of rotatable bonds is 7. The number of anilines is 1. The van der Waals surface area contributed by atoms with Gasteiger partial charge in [0.1, 0.15) is 6.29 Å². The van der Waals surface area contributed by atoms with Crippen molar-refractivity contribution in [3.8, 4) is 0 Å². The number of hydrogen-bond donors (Lipinski definition) is 3. The van der Waals surface area contributed by atoms with Crippen molar-refractivity contribution in [2.45, 2.75) is 12.2 Å². The van der Waals surface area contributed by atoms with E-state index in [2.05, 4.69) is 21.2 Å². The van der Waals surface area contributed by atoms with Gasteiger partial charge in [0.05, 0.1) is 11.6 Å². The molecule has 2 aromatic rings. The third-order valence-electron chi connectivity index (χ3n) is 3.98. The molecule has 9 heteroatoms. The summed E-state index contributed by atoms with van der Waals surface area (Å²) in [5, 5.41) is 2.98. The molecule has 0 aromatic heterocycles. The van der Waals surface area contributed by atoms with E-state index in [1.807, 2.05) is 0 Å². The largest absolute Gasteiger partial charge is 0.416 e. The molecule has 0 bridgehead atoms. The van der Waals surface area contributed by atoms with Gasteiger partial charge in [-0.3, -0.25) is 9.59 Å². The number of nitrogens with two attached hydrogens (primary N) is 2. The summed E-state index contributed by atoms with van der Waals surface area (Å²) in [6, 6.07) is 9.84. The fourth-order valence-electron chi connectivity index (χ4n) is 2.50. The van der Waals surface area contributed by atoms with Gasteiger partial charge in [0.2, 0.25) is 5.91 Å². The number of primary amides is 1. The predicted molar refractivity (Wildman–Crippen MR) is 104 cm³/mol. The Hall–Kier alpha value is -2.65. The molecule has 2 rings (SSSR count). The van der Waals surface area contributed by atoms with Gasteiger partial charge in [-0.25, -0.2) is 0 Å². The highest BCUT2D eigenvalue weighted by Crippen LogP contribution is 2.31. The van der Waals surface area contributed by atoms with E-state index in [0.717, 1.165) is 12.1 Å². The van der Waals surface area contributed by atoms with Gasteiger partial charge in [-0.05, 0) is 35.9 Å². The van der Waals surface area contributed by atoms with Gasteiger partial charge in [-0.1, -0.05) is 34.1 Å². The minimum absolute atomic E-state index is 0.154. The van der Waals surface area contributed by atoms with Crippen LogP contribution in [0, 0.1) is 0 Å². The first-order chi connectivity index (χ1) is 13.2. The highest BCUT2D eigenvalue weighted by Gasteiger charge is 2.30. The van der Waals surface area contributed by atoms with Gasteiger partial charge >= 0.3 is 6.18 Å². The zero-order chi connectivity index (χ0) is 20.9. The number of nitrogens with one attached hydrogen (secondary N) is 1. The number of hydrogen-bond acceptors (Lipinski definition) is 4. The number of allylic oxidation sites excluding steroid dienone is 1. The van der Waals surface area contributed by atoms with Crippen molar-refractivity contribution in [1.29, 1.82) is 0 Å². The van der Waals surface area contributed by atoms with E-state index in [9.17, 15) is 22.8 Å². The van der Waals surface area contributed by atoms with E-state index in [4.69, 9.17) is 11.5 Å². The number of carbonyl (C=O) groups excluding carboxylic acids is 2. The van der Waals surface area contributed by atoms with Crippen molar-refractivity contribution >= 4 is 33.8 Å². The second-order valence-electron chi connectivity index (χ2n) is 5.85. The van der Waals surface area contributed by atoms with Gasteiger partial charge in [-0.2, -0.15) is 13.2 Å². The highest BCUT2D eigenvalue weighted by atomic mass is 79.9. The van der Waals surface area contributed by atoms with Crippen LogP contribution in [0.15, 0.2) is 59.8 Å². The molecule has 5 N–H and O–H groups in total. The van der Waals surface area contributed by atoms with E-state index in [1.54, 1.807) is 12.1 Å². The van der Waals surface area contributed by atoms with E-state index >= 15 is 0 Å². The second-order valence-corrected chi connectivity index (χ2v) is 6.41. The lowest BCUT2D eigenvalue weighted by molar-refractivity contribution is -0.137. The van der Waals surface area contributed by atoms with Crippen LogP contribution in [-0.4, -0.2) is 17.5 Å². The molecule has 0 saturated carbocycles. The van der Waals surface area contributed by atoms with Crippen molar-refractivity contribution in [2.75, 3.05) is 10.6 Å². The number of aldehydes is 1. The normalized spacial score (nSPS) is 13.5. The Balaban J connectivity index is 2.36. The molecule has 0 aliphatic heterocycles. The standard InChI is InChI=1S/C19H17BrF3N3O2/c20-9-16(26-14-3-1-2-13(8-14)19(21,22)23)15(10-27)17(24)11-4-6-12(7-5-11)18(25)28/h1-8,10,17,26H,9,24H2,(H2,25,28)/b16-15-/t17-/m1/s1. The first kappa shape index (κ1) is 21.6. The van der Waals surface area contributed by atoms with Crippen LogP contribution in [-0.2, 0) is 11.0 Å². The maximum absolute atomic E-state index is 12.9. The van der Waals surface area contributed by atoms with Crippen LogP contribution in [0.4, 0.5) is 18.9 Å². The molecule has 0 unspecified atom stereocenters. The van der Waals surface area contributed by atoms with Crippen LogP contribution >= 0.6 is 15.9 Å². The van der Waals surface area contributed by atoms with E-state index in [1.165, 1.54) is 24.3 Å². The summed E-state index contributed by atoms with van der Waals surface area (Å²) >= 11 is 3.23. The smallest absolute Gasteiger partial charge is 0.366 e. The summed E-state index contributed by atoms with van der Waals surface area (Å²) in [6.07, 6.45) is -3.94. The summed E-state index contributed by atoms with van der Waals surface area (Å²) in [7, 11) is 0. The van der Waals surface area contributed by atoms with Crippen LogP contribution < -0.4 is 16.8 Å². The Morgan fingerprint density at radius 1 is 1.18 bits per heavy atom. The first-order valence-electron chi connectivity index (χ1n) is 8.01. The van der Waals surface area contributed by atoms with E-state index < -0.39 is 23.7 Å². The van der Waals surface area contributed by atoms with Gasteiger partial charge < -0.3 is 16.8 Å².